The molecule has 0 aliphatic heterocycles. The Morgan fingerprint density at radius 2 is 2.24 bits per heavy atom. The second-order valence-electron chi connectivity index (χ2n) is 3.98. The molecule has 1 aliphatic rings. The number of halogens is 1. The van der Waals surface area contributed by atoms with Gasteiger partial charge in [0.15, 0.2) is 5.75 Å². The van der Waals surface area contributed by atoms with Crippen LogP contribution in [0.25, 0.3) is 0 Å². The zero-order chi connectivity index (χ0) is 11.8. The summed E-state index contributed by atoms with van der Waals surface area (Å²) in [6.45, 7) is 0. The van der Waals surface area contributed by atoms with Crippen molar-refractivity contribution in [2.45, 2.75) is 18.8 Å². The van der Waals surface area contributed by atoms with Crippen molar-refractivity contribution in [2.75, 3.05) is 5.73 Å². The molecular weight excluding hydrogens is 302 g/mol. The van der Waals surface area contributed by atoms with E-state index in [0.717, 1.165) is 10.3 Å². The summed E-state index contributed by atoms with van der Waals surface area (Å²) in [5.41, 5.74) is 6.44. The Morgan fingerprint density at radius 1 is 1.41 bits per heavy atom. The smallest absolute Gasteiger partial charge is 0.298 e. The Morgan fingerprint density at radius 3 is 2.94 bits per heavy atom. The first kappa shape index (κ1) is 11.0. The predicted molar refractivity (Wildman–Crippen MR) is 70.5 cm³/mol. The van der Waals surface area contributed by atoms with Gasteiger partial charge in [-0.1, -0.05) is 15.9 Å². The molecule has 2 aromatic rings. The molecule has 0 amide bonds. The van der Waals surface area contributed by atoms with Gasteiger partial charge in [0, 0.05) is 21.9 Å². The van der Waals surface area contributed by atoms with Gasteiger partial charge in [0.1, 0.15) is 5.82 Å². The van der Waals surface area contributed by atoms with Gasteiger partial charge >= 0.3 is 0 Å². The van der Waals surface area contributed by atoms with Crippen molar-refractivity contribution in [1.82, 2.24) is 9.36 Å². The Balaban J connectivity index is 1.80. The van der Waals surface area contributed by atoms with E-state index in [4.69, 9.17) is 10.5 Å². The number of nitrogen functional groups attached to an aromatic ring is 1. The molecule has 0 saturated heterocycles. The summed E-state index contributed by atoms with van der Waals surface area (Å²) in [6.07, 6.45) is 2.38. The van der Waals surface area contributed by atoms with Gasteiger partial charge in [-0.15, -0.1) is 0 Å². The van der Waals surface area contributed by atoms with Gasteiger partial charge in [-0.2, -0.15) is 9.36 Å². The van der Waals surface area contributed by atoms with E-state index in [-0.39, 0.29) is 0 Å². The molecule has 17 heavy (non-hydrogen) atoms. The summed E-state index contributed by atoms with van der Waals surface area (Å²) >= 11 is 4.63. The first-order valence-electron chi connectivity index (χ1n) is 5.29. The lowest BCUT2D eigenvalue weighted by Crippen LogP contribution is -1.92. The lowest BCUT2D eigenvalue weighted by Gasteiger charge is -2.04. The lowest BCUT2D eigenvalue weighted by atomic mass is 10.3. The standard InChI is InChI=1S/C11H10BrN3OS/c12-7-3-4-9(8(13)5-7)16-11-14-10(15-17-11)6-1-2-6/h3-6H,1-2,13H2. The van der Waals surface area contributed by atoms with Crippen molar-refractivity contribution in [1.29, 1.82) is 0 Å². The highest BCUT2D eigenvalue weighted by atomic mass is 79.9. The van der Waals surface area contributed by atoms with Gasteiger partial charge in [0.25, 0.3) is 5.19 Å². The normalized spacial score (nSPS) is 14.9. The van der Waals surface area contributed by atoms with Crippen molar-refractivity contribution in [3.63, 3.8) is 0 Å². The molecule has 88 valence electrons. The molecule has 1 aromatic carbocycles. The Bertz CT molecular complexity index is 553. The van der Waals surface area contributed by atoms with Gasteiger partial charge < -0.3 is 10.5 Å². The quantitative estimate of drug-likeness (QED) is 0.880. The van der Waals surface area contributed by atoms with E-state index >= 15 is 0 Å². The maximum atomic E-state index is 5.85. The lowest BCUT2D eigenvalue weighted by molar-refractivity contribution is 0.479. The van der Waals surface area contributed by atoms with E-state index < -0.39 is 0 Å². The van der Waals surface area contributed by atoms with Crippen LogP contribution in [0.5, 0.6) is 10.9 Å². The fraction of sp³-hybridized carbons (Fsp3) is 0.273. The van der Waals surface area contributed by atoms with Crippen LogP contribution in [0.2, 0.25) is 0 Å². The van der Waals surface area contributed by atoms with Crippen LogP contribution in [0.1, 0.15) is 24.6 Å². The number of nitrogens with zero attached hydrogens (tertiary/aromatic N) is 2. The summed E-state index contributed by atoms with van der Waals surface area (Å²) in [6, 6.07) is 5.50. The fourth-order valence-corrected chi connectivity index (χ4v) is 2.48. The van der Waals surface area contributed by atoms with E-state index in [0.29, 0.717) is 22.5 Å². The van der Waals surface area contributed by atoms with Crippen LogP contribution < -0.4 is 10.5 Å². The average Bonchev–Trinajstić information content (AvgIpc) is 3.04. The summed E-state index contributed by atoms with van der Waals surface area (Å²) in [7, 11) is 0. The van der Waals surface area contributed by atoms with Crippen molar-refractivity contribution >= 4 is 33.1 Å². The Hall–Kier alpha value is -1.14. The minimum atomic E-state index is 0.547. The van der Waals surface area contributed by atoms with Crippen LogP contribution in [-0.2, 0) is 0 Å². The molecular formula is C11H10BrN3OS. The maximum absolute atomic E-state index is 5.85. The predicted octanol–water partition coefficient (Wildman–Crippen LogP) is 3.55. The van der Waals surface area contributed by atoms with E-state index in [1.54, 1.807) is 6.07 Å². The van der Waals surface area contributed by atoms with Crippen molar-refractivity contribution in [3.8, 4) is 10.9 Å². The zero-order valence-corrected chi connectivity index (χ0v) is 11.3. The molecule has 0 unspecified atom stereocenters. The summed E-state index contributed by atoms with van der Waals surface area (Å²) < 4.78 is 10.8. The molecule has 1 fully saturated rings. The molecule has 2 N–H and O–H groups in total. The largest absolute Gasteiger partial charge is 0.428 e. The van der Waals surface area contributed by atoms with Crippen LogP contribution in [0.15, 0.2) is 22.7 Å². The van der Waals surface area contributed by atoms with Gasteiger partial charge in [0.2, 0.25) is 0 Å². The third-order valence-electron chi connectivity index (χ3n) is 2.53. The highest BCUT2D eigenvalue weighted by molar-refractivity contribution is 9.10. The van der Waals surface area contributed by atoms with Crippen LogP contribution in [0, 0.1) is 0 Å². The molecule has 6 heteroatoms. The SMILES string of the molecule is Nc1cc(Br)ccc1Oc1nc(C2CC2)ns1. The summed E-state index contributed by atoms with van der Waals surface area (Å²) in [5.74, 6) is 2.07. The number of ether oxygens (including phenoxy) is 1. The number of nitrogens with two attached hydrogens (primary N) is 1. The maximum Gasteiger partial charge on any atom is 0.298 e. The Kier molecular flexibility index (Phi) is 2.76. The third kappa shape index (κ3) is 2.42. The molecule has 3 rings (SSSR count). The number of rotatable bonds is 3. The van der Waals surface area contributed by atoms with Gasteiger partial charge in [-0.05, 0) is 31.0 Å². The van der Waals surface area contributed by atoms with Crippen LogP contribution in [-0.4, -0.2) is 9.36 Å². The molecule has 1 aromatic heterocycles. The highest BCUT2D eigenvalue weighted by Crippen LogP contribution is 2.40. The number of aromatic nitrogens is 2. The van der Waals surface area contributed by atoms with Crippen LogP contribution in [0.3, 0.4) is 0 Å². The second kappa shape index (κ2) is 4.27. The number of hydrogen-bond donors (Lipinski definition) is 1. The highest BCUT2D eigenvalue weighted by Gasteiger charge is 2.28. The molecule has 1 saturated carbocycles. The van der Waals surface area contributed by atoms with Crippen LogP contribution in [0.4, 0.5) is 5.69 Å². The van der Waals surface area contributed by atoms with E-state index in [9.17, 15) is 0 Å². The number of hydrogen-bond acceptors (Lipinski definition) is 5. The van der Waals surface area contributed by atoms with Crippen molar-refractivity contribution in [2.24, 2.45) is 0 Å². The third-order valence-corrected chi connectivity index (χ3v) is 3.64. The monoisotopic (exact) mass is 311 g/mol. The average molecular weight is 312 g/mol. The zero-order valence-electron chi connectivity index (χ0n) is 8.89. The van der Waals surface area contributed by atoms with Gasteiger partial charge in [-0.25, -0.2) is 0 Å². The molecule has 0 atom stereocenters. The van der Waals surface area contributed by atoms with E-state index in [2.05, 4.69) is 25.3 Å². The first-order chi connectivity index (χ1) is 8.22. The minimum Gasteiger partial charge on any atom is -0.428 e. The molecule has 0 radical (unpaired) electrons. The first-order valence-corrected chi connectivity index (χ1v) is 6.85. The minimum absolute atomic E-state index is 0.547. The van der Waals surface area contributed by atoms with Crippen LogP contribution >= 0.6 is 27.5 Å². The fourth-order valence-electron chi connectivity index (χ4n) is 1.48. The van der Waals surface area contributed by atoms with Gasteiger partial charge in [-0.3, -0.25) is 0 Å². The molecule has 0 bridgehead atoms. The van der Waals surface area contributed by atoms with Crippen molar-refractivity contribution < 1.29 is 4.74 Å². The van der Waals surface area contributed by atoms with Gasteiger partial charge in [0.05, 0.1) is 5.69 Å². The Labute approximate surface area is 111 Å². The molecule has 1 aliphatic carbocycles. The van der Waals surface area contributed by atoms with E-state index in [1.165, 1.54) is 24.4 Å². The van der Waals surface area contributed by atoms with E-state index in [1.807, 2.05) is 12.1 Å². The molecule has 4 nitrogen and oxygen atoms in total. The summed E-state index contributed by atoms with van der Waals surface area (Å²) in [5, 5.41) is 0.556. The second-order valence-corrected chi connectivity index (χ2v) is 5.61. The topological polar surface area (TPSA) is 61.0 Å². The molecule has 0 spiro atoms. The molecule has 1 heterocycles. The summed E-state index contributed by atoms with van der Waals surface area (Å²) in [4.78, 5) is 4.35. The number of anilines is 1. The van der Waals surface area contributed by atoms with Crippen molar-refractivity contribution in [3.05, 3.63) is 28.5 Å². The number of benzene rings is 1.